The molecule has 0 amide bonds. The summed E-state index contributed by atoms with van der Waals surface area (Å²) in [5.74, 6) is -0.105. The van der Waals surface area contributed by atoms with Crippen molar-refractivity contribution in [2.24, 2.45) is 0 Å². The molecule has 0 radical (unpaired) electrons. The van der Waals surface area contributed by atoms with Crippen LogP contribution in [0.2, 0.25) is 10.0 Å². The third kappa shape index (κ3) is 5.30. The molecule has 25 heavy (non-hydrogen) atoms. The first kappa shape index (κ1) is 20.1. The van der Waals surface area contributed by atoms with Crippen LogP contribution >= 0.6 is 23.2 Å². The predicted octanol–water partition coefficient (Wildman–Crippen LogP) is 4.24. The second kappa shape index (κ2) is 8.81. The van der Waals surface area contributed by atoms with Gasteiger partial charge in [-0.25, -0.2) is 0 Å². The molecular formula is C14H12Cl2N4O5. The zero-order chi connectivity index (χ0) is 19.1. The van der Waals surface area contributed by atoms with Crippen LogP contribution in [-0.4, -0.2) is 28.2 Å². The van der Waals surface area contributed by atoms with Crippen LogP contribution in [0.25, 0.3) is 0 Å². The van der Waals surface area contributed by atoms with Crippen LogP contribution in [0.15, 0.2) is 30.3 Å². The Morgan fingerprint density at radius 2 is 1.80 bits per heavy atom. The number of benzene rings is 2. The van der Waals surface area contributed by atoms with Gasteiger partial charge in [0, 0.05) is 29.9 Å². The van der Waals surface area contributed by atoms with Gasteiger partial charge in [-0.05, 0) is 18.2 Å². The zero-order valence-corrected chi connectivity index (χ0v) is 14.2. The molecule has 0 aliphatic rings. The fourth-order valence-electron chi connectivity index (χ4n) is 1.69. The van der Waals surface area contributed by atoms with Gasteiger partial charge in [-0.15, -0.1) is 0 Å². The van der Waals surface area contributed by atoms with Gasteiger partial charge in [-0.3, -0.25) is 20.2 Å². The van der Waals surface area contributed by atoms with Gasteiger partial charge in [-0.1, -0.05) is 23.2 Å². The molecule has 0 aliphatic heterocycles. The van der Waals surface area contributed by atoms with E-state index >= 15 is 0 Å². The van der Waals surface area contributed by atoms with Crippen LogP contribution in [0.3, 0.4) is 0 Å². The van der Waals surface area contributed by atoms with Gasteiger partial charge >= 0.3 is 0 Å². The molecule has 0 atom stereocenters. The minimum Gasteiger partial charge on any atom is -0.506 e. The Morgan fingerprint density at radius 1 is 1.16 bits per heavy atom. The van der Waals surface area contributed by atoms with Crippen LogP contribution in [0.4, 0.5) is 17.1 Å². The van der Waals surface area contributed by atoms with E-state index in [0.717, 1.165) is 12.3 Å². The minimum absolute atomic E-state index is 0.105. The first-order valence-corrected chi connectivity index (χ1v) is 7.26. The molecule has 132 valence electrons. The van der Waals surface area contributed by atoms with Gasteiger partial charge < -0.3 is 15.8 Å². The van der Waals surface area contributed by atoms with E-state index in [9.17, 15) is 25.3 Å². The SMILES string of the molecule is CNc1ccc([N+](=O)[O-])cc1[N+](=O)[O-].N=Cc1cc(Cl)cc(Cl)c1O. The number of phenolic OH excluding ortho intramolecular Hbond substituents is 1. The topological polar surface area (TPSA) is 142 Å². The Morgan fingerprint density at radius 3 is 2.28 bits per heavy atom. The normalized spacial score (nSPS) is 9.56. The van der Waals surface area contributed by atoms with E-state index in [1.165, 1.54) is 31.3 Å². The molecule has 2 aromatic rings. The lowest BCUT2D eigenvalue weighted by Gasteiger charge is -2.00. The number of rotatable bonds is 4. The van der Waals surface area contributed by atoms with E-state index in [0.29, 0.717) is 10.6 Å². The number of nitro benzene ring substituents is 2. The summed E-state index contributed by atoms with van der Waals surface area (Å²) in [5, 5.41) is 40.0. The lowest BCUT2D eigenvalue weighted by atomic mass is 10.2. The van der Waals surface area contributed by atoms with E-state index in [1.54, 1.807) is 0 Å². The summed E-state index contributed by atoms with van der Waals surface area (Å²) in [4.78, 5) is 19.5. The van der Waals surface area contributed by atoms with Crippen molar-refractivity contribution in [2.45, 2.75) is 0 Å². The van der Waals surface area contributed by atoms with Crippen molar-refractivity contribution in [3.8, 4) is 5.75 Å². The molecule has 0 bridgehead atoms. The summed E-state index contributed by atoms with van der Waals surface area (Å²) >= 11 is 11.2. The molecule has 2 rings (SSSR count). The largest absolute Gasteiger partial charge is 0.506 e. The molecule has 0 fully saturated rings. The Kier molecular flexibility index (Phi) is 7.09. The fourth-order valence-corrected chi connectivity index (χ4v) is 2.20. The summed E-state index contributed by atoms with van der Waals surface area (Å²) < 4.78 is 0. The molecule has 2 aromatic carbocycles. The molecule has 0 spiro atoms. The first-order valence-electron chi connectivity index (χ1n) is 6.50. The number of nitro groups is 2. The van der Waals surface area contributed by atoms with Gasteiger partial charge in [0.25, 0.3) is 11.4 Å². The summed E-state index contributed by atoms with van der Waals surface area (Å²) in [6, 6.07) is 6.32. The highest BCUT2D eigenvalue weighted by Gasteiger charge is 2.18. The smallest absolute Gasteiger partial charge is 0.299 e. The number of hydrogen-bond donors (Lipinski definition) is 3. The van der Waals surface area contributed by atoms with E-state index < -0.39 is 9.85 Å². The number of anilines is 1. The summed E-state index contributed by atoms with van der Waals surface area (Å²) in [7, 11) is 1.51. The number of non-ortho nitro benzene ring substituents is 1. The molecule has 0 saturated carbocycles. The number of nitrogens with one attached hydrogen (secondary N) is 2. The Balaban J connectivity index is 0.000000257. The highest BCUT2D eigenvalue weighted by molar-refractivity contribution is 6.36. The average Bonchev–Trinajstić information content (AvgIpc) is 2.57. The lowest BCUT2D eigenvalue weighted by Crippen LogP contribution is -1.98. The molecule has 0 unspecified atom stereocenters. The Labute approximate surface area is 151 Å². The summed E-state index contributed by atoms with van der Waals surface area (Å²) in [6.45, 7) is 0. The van der Waals surface area contributed by atoms with E-state index in [2.05, 4.69) is 5.32 Å². The van der Waals surface area contributed by atoms with Crippen LogP contribution < -0.4 is 5.32 Å². The molecule has 9 nitrogen and oxygen atoms in total. The van der Waals surface area contributed by atoms with E-state index in [4.69, 9.17) is 28.6 Å². The first-order chi connectivity index (χ1) is 11.7. The van der Waals surface area contributed by atoms with Gasteiger partial charge in [0.1, 0.15) is 11.4 Å². The lowest BCUT2D eigenvalue weighted by molar-refractivity contribution is -0.393. The Hall–Kier alpha value is -2.91. The number of aromatic hydroxyl groups is 1. The third-order valence-corrected chi connectivity index (χ3v) is 3.38. The fraction of sp³-hybridized carbons (Fsp3) is 0.0714. The number of phenols is 1. The van der Waals surface area contributed by atoms with E-state index in [1.807, 2.05) is 0 Å². The minimum atomic E-state index is -0.674. The second-order valence-corrected chi connectivity index (χ2v) is 5.28. The van der Waals surface area contributed by atoms with Crippen molar-refractivity contribution in [3.63, 3.8) is 0 Å². The van der Waals surface area contributed by atoms with Crippen molar-refractivity contribution >= 4 is 46.5 Å². The van der Waals surface area contributed by atoms with Crippen LogP contribution in [0, 0.1) is 25.6 Å². The standard InChI is InChI=1S/C7H5Cl2NO.C7H7N3O4/c8-5-1-4(3-10)7(11)6(9)2-5;1-8-6-3-2-5(9(11)12)4-7(6)10(13)14/h1-3,10-11H;2-4,8H,1H3. The van der Waals surface area contributed by atoms with Crippen LogP contribution in [-0.2, 0) is 0 Å². The van der Waals surface area contributed by atoms with Crippen molar-refractivity contribution in [2.75, 3.05) is 12.4 Å². The molecular weight excluding hydrogens is 375 g/mol. The van der Waals surface area contributed by atoms with Gasteiger partial charge in [-0.2, -0.15) is 0 Å². The molecule has 0 saturated heterocycles. The Bertz CT molecular complexity index is 829. The maximum Gasteiger partial charge on any atom is 0.299 e. The van der Waals surface area contributed by atoms with Crippen molar-refractivity contribution < 1.29 is 15.0 Å². The maximum absolute atomic E-state index is 10.5. The second-order valence-electron chi connectivity index (χ2n) is 4.44. The van der Waals surface area contributed by atoms with Crippen molar-refractivity contribution in [1.29, 1.82) is 5.41 Å². The maximum atomic E-state index is 10.5. The molecule has 0 aromatic heterocycles. The highest BCUT2D eigenvalue weighted by atomic mass is 35.5. The van der Waals surface area contributed by atoms with Crippen molar-refractivity contribution in [3.05, 3.63) is 66.2 Å². The summed E-state index contributed by atoms with van der Waals surface area (Å²) in [5.41, 5.74) is -0.0273. The van der Waals surface area contributed by atoms with Gasteiger partial charge in [0.2, 0.25) is 0 Å². The van der Waals surface area contributed by atoms with Gasteiger partial charge in [0.05, 0.1) is 20.9 Å². The molecule has 0 heterocycles. The molecule has 0 aliphatic carbocycles. The third-order valence-electron chi connectivity index (χ3n) is 2.87. The van der Waals surface area contributed by atoms with Crippen LogP contribution in [0.5, 0.6) is 5.75 Å². The quantitative estimate of drug-likeness (QED) is 0.407. The number of halogens is 2. The number of hydrogen-bond acceptors (Lipinski definition) is 7. The highest BCUT2D eigenvalue weighted by Crippen LogP contribution is 2.30. The molecule has 3 N–H and O–H groups in total. The average molecular weight is 387 g/mol. The summed E-state index contributed by atoms with van der Waals surface area (Å²) in [6.07, 6.45) is 0.993. The van der Waals surface area contributed by atoms with E-state index in [-0.39, 0.29) is 27.8 Å². The van der Waals surface area contributed by atoms with Gasteiger partial charge in [0.15, 0.2) is 0 Å². The van der Waals surface area contributed by atoms with Crippen molar-refractivity contribution in [1.82, 2.24) is 0 Å². The monoisotopic (exact) mass is 386 g/mol. The molecule has 11 heteroatoms. The predicted molar refractivity (Wildman–Crippen MR) is 95.3 cm³/mol. The van der Waals surface area contributed by atoms with Crippen LogP contribution in [0.1, 0.15) is 5.56 Å². The zero-order valence-electron chi connectivity index (χ0n) is 12.7. The number of nitrogens with zero attached hydrogens (tertiary/aromatic N) is 2.